The van der Waals surface area contributed by atoms with Gasteiger partial charge >= 0.3 is 0 Å². The highest BCUT2D eigenvalue weighted by atomic mass is 79.9. The van der Waals surface area contributed by atoms with Crippen LogP contribution in [0.3, 0.4) is 0 Å². The first-order chi connectivity index (χ1) is 7.29. The number of benzene rings is 1. The molecule has 1 aromatic carbocycles. The van der Waals surface area contributed by atoms with Crippen molar-refractivity contribution in [3.8, 4) is 0 Å². The summed E-state index contributed by atoms with van der Waals surface area (Å²) < 4.78 is 14.2. The van der Waals surface area contributed by atoms with Crippen LogP contribution in [-0.2, 0) is 0 Å². The molecule has 0 fully saturated rings. The zero-order valence-corrected chi connectivity index (χ0v) is 11.3. The maximum atomic E-state index is 13.4. The van der Waals surface area contributed by atoms with E-state index in [9.17, 15) is 9.50 Å². The number of β-amino-alcohol motifs (C(OH)–C–C–N with tert-alkyl or cyclic N) is 1. The van der Waals surface area contributed by atoms with Gasteiger partial charge in [-0.2, -0.15) is 0 Å². The summed E-state index contributed by atoms with van der Waals surface area (Å²) in [5, 5.41) is 13.0. The molecule has 16 heavy (non-hydrogen) atoms. The first-order valence-corrected chi connectivity index (χ1v) is 5.97. The number of nitrogens with one attached hydrogen (secondary N) is 1. The van der Waals surface area contributed by atoms with E-state index in [0.29, 0.717) is 12.1 Å². The molecule has 0 aromatic heterocycles. The van der Waals surface area contributed by atoms with E-state index >= 15 is 0 Å². The molecule has 0 aliphatic rings. The second kappa shape index (κ2) is 5.25. The summed E-state index contributed by atoms with van der Waals surface area (Å²) in [7, 11) is 0. The minimum absolute atomic E-state index is 0.0938. The maximum Gasteiger partial charge on any atom is 0.129 e. The number of aliphatic hydroxyl groups excluding tert-OH is 1. The van der Waals surface area contributed by atoms with Crippen LogP contribution in [0.5, 0.6) is 0 Å². The van der Waals surface area contributed by atoms with Crippen molar-refractivity contribution < 1.29 is 9.50 Å². The van der Waals surface area contributed by atoms with Crippen LogP contribution in [0.15, 0.2) is 22.7 Å². The molecule has 0 heterocycles. The summed E-state index contributed by atoms with van der Waals surface area (Å²) >= 11 is 3.26. The number of halogens is 2. The second-order valence-electron chi connectivity index (χ2n) is 4.81. The van der Waals surface area contributed by atoms with E-state index in [1.54, 1.807) is 12.1 Å². The Morgan fingerprint density at radius 1 is 1.44 bits per heavy atom. The molecule has 0 saturated heterocycles. The number of rotatable bonds is 3. The van der Waals surface area contributed by atoms with E-state index in [0.717, 1.165) is 4.47 Å². The van der Waals surface area contributed by atoms with Crippen molar-refractivity contribution in [1.29, 1.82) is 0 Å². The molecule has 1 unspecified atom stereocenters. The number of hydrogen-bond donors (Lipinski definition) is 2. The largest absolute Gasteiger partial charge is 0.387 e. The van der Waals surface area contributed by atoms with Crippen LogP contribution < -0.4 is 5.32 Å². The van der Waals surface area contributed by atoms with Crippen LogP contribution in [0.1, 0.15) is 32.4 Å². The molecule has 0 aliphatic carbocycles. The van der Waals surface area contributed by atoms with Gasteiger partial charge in [0.25, 0.3) is 0 Å². The third-order valence-corrected chi connectivity index (χ3v) is 2.64. The van der Waals surface area contributed by atoms with Gasteiger partial charge in [0.2, 0.25) is 0 Å². The Morgan fingerprint density at radius 3 is 2.62 bits per heavy atom. The molecule has 0 aliphatic heterocycles. The lowest BCUT2D eigenvalue weighted by atomic mass is 10.1. The smallest absolute Gasteiger partial charge is 0.129 e. The Labute approximate surface area is 104 Å². The monoisotopic (exact) mass is 289 g/mol. The molecule has 2 nitrogen and oxygen atoms in total. The van der Waals surface area contributed by atoms with E-state index in [1.807, 2.05) is 20.8 Å². The average molecular weight is 290 g/mol. The molecular formula is C12H17BrFNO. The quantitative estimate of drug-likeness (QED) is 0.897. The van der Waals surface area contributed by atoms with Gasteiger partial charge in [0.05, 0.1) is 6.10 Å². The summed E-state index contributed by atoms with van der Waals surface area (Å²) in [4.78, 5) is 0. The molecule has 1 aromatic rings. The molecule has 1 atom stereocenters. The minimum atomic E-state index is -0.836. The molecule has 2 N–H and O–H groups in total. The predicted octanol–water partition coefficient (Wildman–Crippen LogP) is 3.01. The fraction of sp³-hybridized carbons (Fsp3) is 0.500. The summed E-state index contributed by atoms with van der Waals surface area (Å²) in [6.07, 6.45) is -0.836. The van der Waals surface area contributed by atoms with E-state index in [-0.39, 0.29) is 11.4 Å². The average Bonchev–Trinajstić information content (AvgIpc) is 2.17. The van der Waals surface area contributed by atoms with Crippen LogP contribution in [0.25, 0.3) is 0 Å². The van der Waals surface area contributed by atoms with Crippen molar-refractivity contribution in [3.05, 3.63) is 34.1 Å². The van der Waals surface area contributed by atoms with Gasteiger partial charge in [-0.05, 0) is 39.0 Å². The first-order valence-electron chi connectivity index (χ1n) is 5.17. The van der Waals surface area contributed by atoms with E-state index in [4.69, 9.17) is 0 Å². The summed E-state index contributed by atoms with van der Waals surface area (Å²) in [6.45, 7) is 6.32. The van der Waals surface area contributed by atoms with Crippen LogP contribution in [0.2, 0.25) is 0 Å². The summed E-state index contributed by atoms with van der Waals surface area (Å²) in [5.41, 5.74) is 0.217. The van der Waals surface area contributed by atoms with Crippen molar-refractivity contribution >= 4 is 15.9 Å². The zero-order chi connectivity index (χ0) is 12.3. The Bertz CT molecular complexity index is 363. The van der Waals surface area contributed by atoms with Crippen molar-refractivity contribution in [1.82, 2.24) is 5.32 Å². The molecular weight excluding hydrogens is 273 g/mol. The summed E-state index contributed by atoms with van der Waals surface area (Å²) in [6, 6.07) is 4.56. The van der Waals surface area contributed by atoms with Gasteiger partial charge in [-0.1, -0.05) is 15.9 Å². The van der Waals surface area contributed by atoms with Gasteiger partial charge < -0.3 is 10.4 Å². The fourth-order valence-corrected chi connectivity index (χ4v) is 1.66. The van der Waals surface area contributed by atoms with Gasteiger partial charge in [0.1, 0.15) is 5.82 Å². The highest BCUT2D eigenvalue weighted by molar-refractivity contribution is 9.10. The zero-order valence-electron chi connectivity index (χ0n) is 9.72. The molecule has 0 spiro atoms. The third-order valence-electron chi connectivity index (χ3n) is 2.14. The highest BCUT2D eigenvalue weighted by Gasteiger charge is 2.16. The Hall–Kier alpha value is -0.450. The topological polar surface area (TPSA) is 32.3 Å². The highest BCUT2D eigenvalue weighted by Crippen LogP contribution is 2.21. The Kier molecular flexibility index (Phi) is 4.47. The third kappa shape index (κ3) is 4.20. The minimum Gasteiger partial charge on any atom is -0.387 e. The Morgan fingerprint density at radius 2 is 2.06 bits per heavy atom. The van der Waals surface area contributed by atoms with E-state index in [1.165, 1.54) is 6.07 Å². The molecule has 0 radical (unpaired) electrons. The van der Waals surface area contributed by atoms with Crippen LogP contribution in [0, 0.1) is 5.82 Å². The van der Waals surface area contributed by atoms with Gasteiger partial charge in [-0.25, -0.2) is 4.39 Å². The van der Waals surface area contributed by atoms with Crippen molar-refractivity contribution in [2.45, 2.75) is 32.4 Å². The summed E-state index contributed by atoms with van der Waals surface area (Å²) in [5.74, 6) is -0.383. The predicted molar refractivity (Wildman–Crippen MR) is 66.8 cm³/mol. The van der Waals surface area contributed by atoms with Gasteiger partial charge in [0.15, 0.2) is 0 Å². The van der Waals surface area contributed by atoms with Gasteiger partial charge in [-0.3, -0.25) is 0 Å². The van der Waals surface area contributed by atoms with Crippen LogP contribution >= 0.6 is 15.9 Å². The van der Waals surface area contributed by atoms with Crippen molar-refractivity contribution in [2.75, 3.05) is 6.54 Å². The molecule has 0 saturated carbocycles. The Balaban J connectivity index is 2.73. The van der Waals surface area contributed by atoms with Crippen molar-refractivity contribution in [3.63, 3.8) is 0 Å². The lowest BCUT2D eigenvalue weighted by Crippen LogP contribution is -2.38. The van der Waals surface area contributed by atoms with Crippen LogP contribution in [0.4, 0.5) is 4.39 Å². The number of aliphatic hydroxyl groups is 1. The van der Waals surface area contributed by atoms with Crippen molar-refractivity contribution in [2.24, 2.45) is 0 Å². The SMILES string of the molecule is CC(C)(C)NCC(O)c1cc(Br)ccc1F. The lowest BCUT2D eigenvalue weighted by molar-refractivity contribution is 0.159. The molecule has 0 amide bonds. The van der Waals surface area contributed by atoms with E-state index < -0.39 is 6.10 Å². The normalized spacial score (nSPS) is 13.9. The second-order valence-corrected chi connectivity index (χ2v) is 5.73. The molecule has 4 heteroatoms. The fourth-order valence-electron chi connectivity index (χ4n) is 1.28. The van der Waals surface area contributed by atoms with Crippen LogP contribution in [-0.4, -0.2) is 17.2 Å². The molecule has 90 valence electrons. The standard InChI is InChI=1S/C12H17BrFNO/c1-12(2,3)15-7-11(16)9-6-8(13)4-5-10(9)14/h4-6,11,15-16H,7H2,1-3H3. The molecule has 1 rings (SSSR count). The van der Waals surface area contributed by atoms with E-state index in [2.05, 4.69) is 21.2 Å². The maximum absolute atomic E-state index is 13.4. The first kappa shape index (κ1) is 13.6. The molecule has 0 bridgehead atoms. The van der Waals surface area contributed by atoms with Gasteiger partial charge in [-0.15, -0.1) is 0 Å². The van der Waals surface area contributed by atoms with Gasteiger partial charge in [0, 0.05) is 22.1 Å². The number of hydrogen-bond acceptors (Lipinski definition) is 2. The lowest BCUT2D eigenvalue weighted by Gasteiger charge is -2.23.